The van der Waals surface area contributed by atoms with Crippen LogP contribution < -0.4 is 5.32 Å². The van der Waals surface area contributed by atoms with Crippen LogP contribution >= 0.6 is 0 Å². The molecule has 0 heterocycles. The van der Waals surface area contributed by atoms with E-state index in [9.17, 15) is 18.4 Å². The molecule has 1 atom stereocenters. The molecule has 1 aromatic carbocycles. The van der Waals surface area contributed by atoms with Crippen LogP contribution in [-0.4, -0.2) is 41.0 Å². The van der Waals surface area contributed by atoms with Gasteiger partial charge in [0.05, 0.1) is 6.54 Å². The molecule has 0 saturated carbocycles. The average molecular weight is 286 g/mol. The van der Waals surface area contributed by atoms with Crippen LogP contribution in [0.4, 0.5) is 14.5 Å². The Hall–Kier alpha value is -2.02. The number of carboxylic acids is 1. The number of carbonyl (C=O) groups excluding carboxylic acids is 1. The number of carbonyl (C=O) groups is 2. The maximum Gasteiger partial charge on any atom is 0.320 e. The summed E-state index contributed by atoms with van der Waals surface area (Å²) in [6.07, 6.45) is 0. The van der Waals surface area contributed by atoms with Crippen molar-refractivity contribution in [2.24, 2.45) is 0 Å². The quantitative estimate of drug-likeness (QED) is 0.835. The Morgan fingerprint density at radius 1 is 1.35 bits per heavy atom. The van der Waals surface area contributed by atoms with Gasteiger partial charge in [0.1, 0.15) is 23.4 Å². The number of hydrogen-bond donors (Lipinski definition) is 2. The number of rotatable bonds is 6. The van der Waals surface area contributed by atoms with E-state index in [1.54, 1.807) is 6.92 Å². The number of carboxylic acid groups (broad SMARTS) is 1. The number of para-hydroxylation sites is 1. The topological polar surface area (TPSA) is 69.6 Å². The van der Waals surface area contributed by atoms with Crippen molar-refractivity contribution in [1.82, 2.24) is 4.90 Å². The molecule has 7 heteroatoms. The Labute approximate surface area is 115 Å². The number of aliphatic carboxylic acids is 1. The summed E-state index contributed by atoms with van der Waals surface area (Å²) in [4.78, 5) is 24.0. The first kappa shape index (κ1) is 16.0. The first-order valence-corrected chi connectivity index (χ1v) is 6.07. The third-order valence-electron chi connectivity index (χ3n) is 2.89. The molecule has 1 rings (SSSR count). The molecule has 0 fully saturated rings. The fourth-order valence-electron chi connectivity index (χ4n) is 1.66. The summed E-state index contributed by atoms with van der Waals surface area (Å²) >= 11 is 0. The second-order valence-corrected chi connectivity index (χ2v) is 4.22. The SMILES string of the molecule is CCN(CC(=O)Nc1c(F)cccc1F)C(C)C(=O)O. The van der Waals surface area contributed by atoms with Crippen LogP contribution in [0, 0.1) is 11.6 Å². The van der Waals surface area contributed by atoms with E-state index < -0.39 is 35.2 Å². The predicted molar refractivity (Wildman–Crippen MR) is 69.3 cm³/mol. The van der Waals surface area contributed by atoms with Gasteiger partial charge in [0.25, 0.3) is 0 Å². The van der Waals surface area contributed by atoms with Crippen molar-refractivity contribution in [2.75, 3.05) is 18.4 Å². The lowest BCUT2D eigenvalue weighted by atomic mass is 10.2. The maximum absolute atomic E-state index is 13.4. The Kier molecular flexibility index (Phi) is 5.57. The van der Waals surface area contributed by atoms with Crippen LogP contribution in [0.1, 0.15) is 13.8 Å². The van der Waals surface area contributed by atoms with Gasteiger partial charge in [0, 0.05) is 0 Å². The fourth-order valence-corrected chi connectivity index (χ4v) is 1.66. The molecule has 0 aliphatic rings. The molecule has 1 amide bonds. The molecule has 0 aliphatic heterocycles. The molecule has 0 aliphatic carbocycles. The average Bonchev–Trinajstić information content (AvgIpc) is 2.39. The van der Waals surface area contributed by atoms with Gasteiger partial charge in [-0.3, -0.25) is 14.5 Å². The minimum Gasteiger partial charge on any atom is -0.480 e. The van der Waals surface area contributed by atoms with Crippen molar-refractivity contribution < 1.29 is 23.5 Å². The molecule has 0 radical (unpaired) electrons. The van der Waals surface area contributed by atoms with E-state index in [2.05, 4.69) is 5.32 Å². The lowest BCUT2D eigenvalue weighted by Gasteiger charge is -2.23. The fraction of sp³-hybridized carbons (Fsp3) is 0.385. The van der Waals surface area contributed by atoms with Crippen LogP contribution in [0.25, 0.3) is 0 Å². The van der Waals surface area contributed by atoms with Gasteiger partial charge in [0.15, 0.2) is 0 Å². The lowest BCUT2D eigenvalue weighted by Crippen LogP contribution is -2.43. The number of amides is 1. The van der Waals surface area contributed by atoms with E-state index in [0.717, 1.165) is 12.1 Å². The van der Waals surface area contributed by atoms with Gasteiger partial charge in [-0.05, 0) is 25.6 Å². The van der Waals surface area contributed by atoms with E-state index in [4.69, 9.17) is 5.11 Å². The molecule has 0 aromatic heterocycles. The van der Waals surface area contributed by atoms with E-state index in [1.807, 2.05) is 0 Å². The zero-order valence-corrected chi connectivity index (χ0v) is 11.2. The molecule has 20 heavy (non-hydrogen) atoms. The third-order valence-corrected chi connectivity index (χ3v) is 2.89. The molecule has 2 N–H and O–H groups in total. The number of anilines is 1. The van der Waals surface area contributed by atoms with Gasteiger partial charge < -0.3 is 10.4 Å². The highest BCUT2D eigenvalue weighted by atomic mass is 19.1. The monoisotopic (exact) mass is 286 g/mol. The minimum absolute atomic E-state index is 0.266. The van der Waals surface area contributed by atoms with Gasteiger partial charge in [-0.1, -0.05) is 13.0 Å². The normalized spacial score (nSPS) is 12.2. The van der Waals surface area contributed by atoms with Crippen LogP contribution in [0.3, 0.4) is 0 Å². The largest absolute Gasteiger partial charge is 0.480 e. The van der Waals surface area contributed by atoms with Gasteiger partial charge in [-0.25, -0.2) is 8.78 Å². The summed E-state index contributed by atoms with van der Waals surface area (Å²) < 4.78 is 26.7. The van der Waals surface area contributed by atoms with Crippen molar-refractivity contribution in [2.45, 2.75) is 19.9 Å². The smallest absolute Gasteiger partial charge is 0.320 e. The second-order valence-electron chi connectivity index (χ2n) is 4.22. The van der Waals surface area contributed by atoms with Crippen molar-refractivity contribution in [1.29, 1.82) is 0 Å². The molecule has 0 spiro atoms. The highest BCUT2D eigenvalue weighted by molar-refractivity contribution is 5.92. The Morgan fingerprint density at radius 3 is 2.35 bits per heavy atom. The number of likely N-dealkylation sites (N-methyl/N-ethyl adjacent to an activating group) is 1. The number of halogens is 2. The first-order valence-electron chi connectivity index (χ1n) is 6.07. The summed E-state index contributed by atoms with van der Waals surface area (Å²) in [6.45, 7) is 3.18. The van der Waals surface area contributed by atoms with Crippen molar-refractivity contribution in [3.8, 4) is 0 Å². The zero-order valence-electron chi connectivity index (χ0n) is 11.2. The second kappa shape index (κ2) is 6.95. The van der Waals surface area contributed by atoms with Crippen LogP contribution in [-0.2, 0) is 9.59 Å². The Bertz CT molecular complexity index is 488. The van der Waals surface area contributed by atoms with Crippen LogP contribution in [0.5, 0.6) is 0 Å². The van der Waals surface area contributed by atoms with E-state index >= 15 is 0 Å². The summed E-state index contributed by atoms with van der Waals surface area (Å²) in [5.74, 6) is -3.51. The van der Waals surface area contributed by atoms with Gasteiger partial charge >= 0.3 is 5.97 Å². The first-order chi connectivity index (χ1) is 9.36. The number of hydrogen-bond acceptors (Lipinski definition) is 3. The summed E-state index contributed by atoms with van der Waals surface area (Å²) in [6, 6.07) is 2.37. The van der Waals surface area contributed by atoms with Gasteiger partial charge in [-0.15, -0.1) is 0 Å². The molecular formula is C13H16F2N2O3. The molecule has 1 aromatic rings. The highest BCUT2D eigenvalue weighted by Crippen LogP contribution is 2.17. The maximum atomic E-state index is 13.4. The summed E-state index contributed by atoms with van der Waals surface area (Å²) in [7, 11) is 0. The molecule has 0 bridgehead atoms. The third kappa shape index (κ3) is 3.99. The minimum atomic E-state index is -1.07. The molecule has 5 nitrogen and oxygen atoms in total. The zero-order chi connectivity index (χ0) is 15.3. The Balaban J connectivity index is 2.74. The van der Waals surface area contributed by atoms with Crippen LogP contribution in [0.15, 0.2) is 18.2 Å². The predicted octanol–water partition coefficient (Wildman–Crippen LogP) is 1.70. The molecule has 110 valence electrons. The van der Waals surface area contributed by atoms with Gasteiger partial charge in [-0.2, -0.15) is 0 Å². The number of nitrogens with zero attached hydrogens (tertiary/aromatic N) is 1. The van der Waals surface area contributed by atoms with E-state index in [-0.39, 0.29) is 6.54 Å². The summed E-state index contributed by atoms with van der Waals surface area (Å²) in [5, 5.41) is 11.0. The van der Waals surface area contributed by atoms with Crippen molar-refractivity contribution >= 4 is 17.6 Å². The standard InChI is InChI=1S/C13H16F2N2O3/c1-3-17(8(2)13(19)20)7-11(18)16-12-9(14)5-4-6-10(12)15/h4-6,8H,3,7H2,1-2H3,(H,16,18)(H,19,20). The van der Waals surface area contributed by atoms with Crippen molar-refractivity contribution in [3.05, 3.63) is 29.8 Å². The number of benzene rings is 1. The lowest BCUT2D eigenvalue weighted by molar-refractivity contribution is -0.142. The Morgan fingerprint density at radius 2 is 1.90 bits per heavy atom. The van der Waals surface area contributed by atoms with E-state index in [1.165, 1.54) is 17.9 Å². The molecule has 0 saturated heterocycles. The highest BCUT2D eigenvalue weighted by Gasteiger charge is 2.22. The number of nitrogens with one attached hydrogen (secondary N) is 1. The van der Waals surface area contributed by atoms with Gasteiger partial charge in [0.2, 0.25) is 5.91 Å². The molecule has 1 unspecified atom stereocenters. The summed E-state index contributed by atoms with van der Waals surface area (Å²) in [5.41, 5.74) is -0.531. The molecular weight excluding hydrogens is 270 g/mol. The van der Waals surface area contributed by atoms with Crippen molar-refractivity contribution in [3.63, 3.8) is 0 Å². The van der Waals surface area contributed by atoms with Crippen LogP contribution in [0.2, 0.25) is 0 Å². The van der Waals surface area contributed by atoms with E-state index in [0.29, 0.717) is 6.54 Å².